The summed E-state index contributed by atoms with van der Waals surface area (Å²) in [5.74, 6) is 0.607. The van der Waals surface area contributed by atoms with Crippen molar-refractivity contribution < 1.29 is 4.79 Å². The third-order valence-electron chi connectivity index (χ3n) is 5.01. The number of benzene rings is 2. The van der Waals surface area contributed by atoms with E-state index in [-0.39, 0.29) is 17.2 Å². The summed E-state index contributed by atoms with van der Waals surface area (Å²) in [5.41, 5.74) is 1.89. The van der Waals surface area contributed by atoms with E-state index in [1.165, 1.54) is 22.5 Å². The lowest BCUT2D eigenvalue weighted by Gasteiger charge is -2.11. The predicted molar refractivity (Wildman–Crippen MR) is 135 cm³/mol. The molecular weight excluding hydrogens is 486 g/mol. The number of thioether (sulfide) groups is 1. The van der Waals surface area contributed by atoms with Crippen molar-refractivity contribution in [3.63, 3.8) is 0 Å². The summed E-state index contributed by atoms with van der Waals surface area (Å²) in [6.07, 6.45) is 3.34. The van der Waals surface area contributed by atoms with Crippen LogP contribution in [0.3, 0.4) is 0 Å². The Morgan fingerprint density at radius 3 is 2.51 bits per heavy atom. The molecule has 5 rings (SSSR count). The van der Waals surface area contributed by atoms with Crippen molar-refractivity contribution in [1.82, 2.24) is 29.5 Å². The maximum atomic E-state index is 12.7. The fourth-order valence-electron chi connectivity index (χ4n) is 3.45. The minimum Gasteiger partial charge on any atom is -0.310 e. The molecule has 35 heavy (non-hydrogen) atoms. The summed E-state index contributed by atoms with van der Waals surface area (Å²) in [4.78, 5) is 29.0. The zero-order chi connectivity index (χ0) is 24.2. The van der Waals surface area contributed by atoms with Crippen LogP contribution in [0.1, 0.15) is 0 Å². The minimum absolute atomic E-state index is 0.0392. The van der Waals surface area contributed by atoms with Gasteiger partial charge >= 0.3 is 0 Å². The van der Waals surface area contributed by atoms with Crippen LogP contribution >= 0.6 is 23.4 Å². The molecule has 1 amide bonds. The minimum atomic E-state index is -0.310. The summed E-state index contributed by atoms with van der Waals surface area (Å²) in [7, 11) is 0. The van der Waals surface area contributed by atoms with Crippen LogP contribution in [0.2, 0.25) is 5.02 Å². The number of pyridine rings is 1. The summed E-state index contributed by atoms with van der Waals surface area (Å²) in [5, 5.41) is 15.3. The predicted octanol–water partition coefficient (Wildman–Crippen LogP) is 4.19. The molecule has 5 aromatic rings. The van der Waals surface area contributed by atoms with Gasteiger partial charge in [0.15, 0.2) is 11.0 Å². The Morgan fingerprint density at radius 2 is 1.74 bits per heavy atom. The van der Waals surface area contributed by atoms with Gasteiger partial charge in [0.1, 0.15) is 5.82 Å². The van der Waals surface area contributed by atoms with Crippen LogP contribution in [0.25, 0.3) is 22.8 Å². The van der Waals surface area contributed by atoms with Gasteiger partial charge in [-0.1, -0.05) is 53.7 Å². The third-order valence-corrected chi connectivity index (χ3v) is 6.26. The highest BCUT2D eigenvalue weighted by Gasteiger charge is 2.19. The monoisotopic (exact) mass is 503 g/mol. The van der Waals surface area contributed by atoms with Crippen LogP contribution in [0.5, 0.6) is 0 Å². The van der Waals surface area contributed by atoms with Crippen molar-refractivity contribution in [2.75, 3.05) is 11.1 Å². The van der Waals surface area contributed by atoms with E-state index in [9.17, 15) is 9.59 Å². The summed E-state index contributed by atoms with van der Waals surface area (Å²) < 4.78 is 3.17. The lowest BCUT2D eigenvalue weighted by Crippen LogP contribution is -2.15. The maximum absolute atomic E-state index is 12.7. The first kappa shape index (κ1) is 22.6. The van der Waals surface area contributed by atoms with E-state index >= 15 is 0 Å². The normalized spacial score (nSPS) is 10.9. The van der Waals surface area contributed by atoms with E-state index in [0.717, 1.165) is 5.56 Å². The lowest BCUT2D eigenvalue weighted by molar-refractivity contribution is -0.113. The van der Waals surface area contributed by atoms with Crippen LogP contribution in [-0.2, 0) is 4.79 Å². The van der Waals surface area contributed by atoms with E-state index in [0.29, 0.717) is 33.2 Å². The van der Waals surface area contributed by atoms with E-state index < -0.39 is 0 Å². The Kier molecular flexibility index (Phi) is 6.47. The number of hydrogen-bond acceptors (Lipinski definition) is 6. The van der Waals surface area contributed by atoms with Gasteiger partial charge in [-0.25, -0.2) is 4.68 Å². The Hall–Kier alpha value is -4.15. The number of hydrogen-bond donors (Lipinski definition) is 2. The molecule has 0 radical (unpaired) electrons. The SMILES string of the molecule is O=C(CSc1nnc(-c2ccncc2)n1-c1ccccc1Cl)Nc1cc(=O)n(-c2ccccc2)[nH]1. The number of rotatable bonds is 7. The van der Waals surface area contributed by atoms with Gasteiger partial charge in [-0.2, -0.15) is 0 Å². The molecule has 0 saturated carbocycles. The van der Waals surface area contributed by atoms with Gasteiger partial charge in [0, 0.05) is 24.0 Å². The number of aromatic amines is 1. The number of halogens is 1. The summed E-state index contributed by atoms with van der Waals surface area (Å²) in [6.45, 7) is 0. The number of amides is 1. The molecule has 0 bridgehead atoms. The van der Waals surface area contributed by atoms with Gasteiger partial charge in [0.25, 0.3) is 5.56 Å². The molecule has 0 aliphatic heterocycles. The quantitative estimate of drug-likeness (QED) is 0.322. The van der Waals surface area contributed by atoms with Crippen LogP contribution in [-0.4, -0.2) is 41.2 Å². The lowest BCUT2D eigenvalue weighted by atomic mass is 10.2. The van der Waals surface area contributed by atoms with Crippen molar-refractivity contribution in [3.05, 3.63) is 101 Å². The van der Waals surface area contributed by atoms with Gasteiger partial charge in [-0.3, -0.25) is 24.2 Å². The number of para-hydroxylation sites is 2. The molecule has 0 fully saturated rings. The third kappa shape index (κ3) is 4.88. The van der Waals surface area contributed by atoms with Crippen molar-refractivity contribution in [2.45, 2.75) is 5.16 Å². The first-order valence-electron chi connectivity index (χ1n) is 10.5. The second kappa shape index (κ2) is 10.00. The molecule has 2 N–H and O–H groups in total. The fourth-order valence-corrected chi connectivity index (χ4v) is 4.41. The Bertz CT molecular complexity index is 1530. The molecule has 9 nitrogen and oxygen atoms in total. The molecule has 11 heteroatoms. The molecule has 0 saturated heterocycles. The molecule has 0 atom stereocenters. The molecule has 0 spiro atoms. The fraction of sp³-hybridized carbons (Fsp3) is 0.0417. The van der Waals surface area contributed by atoms with Crippen molar-refractivity contribution in [1.29, 1.82) is 0 Å². The Balaban J connectivity index is 1.37. The van der Waals surface area contributed by atoms with Gasteiger partial charge in [0.05, 0.1) is 22.2 Å². The maximum Gasteiger partial charge on any atom is 0.273 e. The van der Waals surface area contributed by atoms with Gasteiger partial charge in [-0.15, -0.1) is 10.2 Å². The van der Waals surface area contributed by atoms with E-state index in [4.69, 9.17) is 11.6 Å². The number of carbonyl (C=O) groups excluding carboxylic acids is 1. The number of carbonyl (C=O) groups is 1. The second-order valence-corrected chi connectivity index (χ2v) is 8.69. The van der Waals surface area contributed by atoms with E-state index in [1.807, 2.05) is 53.1 Å². The van der Waals surface area contributed by atoms with Crippen LogP contribution in [0.4, 0.5) is 5.82 Å². The molecule has 3 heterocycles. The second-order valence-electron chi connectivity index (χ2n) is 7.34. The Morgan fingerprint density at radius 1 is 1.00 bits per heavy atom. The van der Waals surface area contributed by atoms with Gasteiger partial charge in [-0.05, 0) is 36.4 Å². The van der Waals surface area contributed by atoms with Crippen molar-refractivity contribution in [3.8, 4) is 22.8 Å². The summed E-state index contributed by atoms with van der Waals surface area (Å²) in [6, 6.07) is 21.4. The zero-order valence-electron chi connectivity index (χ0n) is 18.1. The molecule has 0 aliphatic rings. The average Bonchev–Trinajstić information content (AvgIpc) is 3.47. The zero-order valence-corrected chi connectivity index (χ0v) is 19.7. The largest absolute Gasteiger partial charge is 0.310 e. The standard InChI is InChI=1S/C24H18ClN7O2S/c25-18-8-4-5-9-19(18)31-23(16-10-12-26-13-11-16)28-29-24(31)35-15-21(33)27-20-14-22(34)32(30-20)17-6-2-1-3-7-17/h1-14,30H,15H2,(H,27,33). The van der Waals surface area contributed by atoms with E-state index in [2.05, 4.69) is 25.6 Å². The van der Waals surface area contributed by atoms with Crippen molar-refractivity contribution in [2.24, 2.45) is 0 Å². The molecule has 0 aliphatic carbocycles. The van der Waals surface area contributed by atoms with Crippen LogP contribution in [0, 0.1) is 0 Å². The topological polar surface area (TPSA) is 110 Å². The molecule has 3 aromatic heterocycles. The Labute approximate surface area is 208 Å². The average molecular weight is 504 g/mol. The highest BCUT2D eigenvalue weighted by atomic mass is 35.5. The first-order chi connectivity index (χ1) is 17.1. The highest BCUT2D eigenvalue weighted by Crippen LogP contribution is 2.31. The number of H-pyrrole nitrogens is 1. The molecule has 0 unspecified atom stereocenters. The van der Waals surface area contributed by atoms with Crippen LogP contribution < -0.4 is 10.9 Å². The van der Waals surface area contributed by atoms with Crippen molar-refractivity contribution >= 4 is 35.1 Å². The van der Waals surface area contributed by atoms with Gasteiger partial charge in [0.2, 0.25) is 5.91 Å². The first-order valence-corrected chi connectivity index (χ1v) is 11.9. The smallest absolute Gasteiger partial charge is 0.273 e. The van der Waals surface area contributed by atoms with E-state index in [1.54, 1.807) is 30.6 Å². The highest BCUT2D eigenvalue weighted by molar-refractivity contribution is 7.99. The molecular formula is C24H18ClN7O2S. The number of nitrogens with zero attached hydrogens (tertiary/aromatic N) is 5. The molecule has 174 valence electrons. The van der Waals surface area contributed by atoms with Gasteiger partial charge < -0.3 is 5.32 Å². The summed E-state index contributed by atoms with van der Waals surface area (Å²) >= 11 is 7.68. The van der Waals surface area contributed by atoms with Crippen LogP contribution in [0.15, 0.2) is 95.1 Å². The number of nitrogens with one attached hydrogen (secondary N) is 2. The molecule has 2 aromatic carbocycles. The number of anilines is 1. The number of aromatic nitrogens is 6.